The summed E-state index contributed by atoms with van der Waals surface area (Å²) < 4.78 is 80.2. The van der Waals surface area contributed by atoms with Gasteiger partial charge in [0.15, 0.2) is 6.10 Å². The number of oxime groups is 1. The van der Waals surface area contributed by atoms with E-state index in [-0.39, 0.29) is 22.3 Å². The predicted octanol–water partition coefficient (Wildman–Crippen LogP) is 5.37. The maximum Gasteiger partial charge on any atom is 0.416 e. The molecule has 2 aromatic rings. The summed E-state index contributed by atoms with van der Waals surface area (Å²) in [5.74, 6) is -3.56. The van der Waals surface area contributed by atoms with Crippen LogP contribution in [0.3, 0.4) is 0 Å². The van der Waals surface area contributed by atoms with Crippen molar-refractivity contribution in [3.8, 4) is 0 Å². The van der Waals surface area contributed by atoms with Gasteiger partial charge >= 0.3 is 18.3 Å². The molecule has 4 nitrogen and oxygen atoms in total. The molecule has 2 unspecified atom stereocenters. The fraction of sp³-hybridized carbons (Fsp3) is 0.263. The second kappa shape index (κ2) is 7.09. The van der Waals surface area contributed by atoms with E-state index in [0.717, 1.165) is 30.3 Å². The summed E-state index contributed by atoms with van der Waals surface area (Å²) in [6.45, 7) is 1.41. The molecule has 3 rings (SSSR count). The lowest BCUT2D eigenvalue weighted by Crippen LogP contribution is -2.33. The van der Waals surface area contributed by atoms with E-state index < -0.39 is 41.6 Å². The zero-order valence-corrected chi connectivity index (χ0v) is 14.7. The highest BCUT2D eigenvalue weighted by Crippen LogP contribution is 2.45. The molecule has 0 saturated heterocycles. The monoisotopic (exact) mass is 417 g/mol. The van der Waals surface area contributed by atoms with Crippen LogP contribution < -0.4 is 0 Å². The Kier molecular flexibility index (Phi) is 5.06. The molecular weight excluding hydrogens is 404 g/mol. The summed E-state index contributed by atoms with van der Waals surface area (Å²) in [5.41, 5.74) is -1.86. The van der Waals surface area contributed by atoms with Crippen molar-refractivity contribution < 1.29 is 41.1 Å². The Labute approximate surface area is 160 Å². The third kappa shape index (κ3) is 4.06. The normalized spacial score (nSPS) is 19.6. The van der Waals surface area contributed by atoms with Gasteiger partial charge in [0.05, 0.1) is 11.1 Å². The number of alkyl halides is 6. The standard InChI is InChI=1S/C19H13F6NO3/c1-9-7-10(5-6-13(9)17(27)28)15-14(19(23,24)25)16(29-26-15)11-3-2-4-12(8-11)18(20,21)22/h2-8,14,16H,1H3,(H,27,28). The summed E-state index contributed by atoms with van der Waals surface area (Å²) in [4.78, 5) is 16.0. The van der Waals surface area contributed by atoms with Crippen molar-refractivity contribution in [3.05, 3.63) is 70.3 Å². The van der Waals surface area contributed by atoms with Gasteiger partial charge in [-0.05, 0) is 42.3 Å². The van der Waals surface area contributed by atoms with Gasteiger partial charge in [-0.2, -0.15) is 26.3 Å². The van der Waals surface area contributed by atoms with Crippen LogP contribution in [0.1, 0.15) is 38.7 Å². The van der Waals surface area contributed by atoms with Crippen LogP contribution in [0.25, 0.3) is 0 Å². The number of hydrogen-bond donors (Lipinski definition) is 1. The second-order valence-corrected chi connectivity index (χ2v) is 6.48. The molecule has 0 aliphatic carbocycles. The van der Waals surface area contributed by atoms with E-state index in [1.54, 1.807) is 0 Å². The Balaban J connectivity index is 2.02. The van der Waals surface area contributed by atoms with Crippen molar-refractivity contribution in [3.63, 3.8) is 0 Å². The molecule has 2 atom stereocenters. The topological polar surface area (TPSA) is 58.9 Å². The molecule has 1 N–H and O–H groups in total. The van der Waals surface area contributed by atoms with Crippen LogP contribution in [0, 0.1) is 12.8 Å². The first-order valence-corrected chi connectivity index (χ1v) is 8.21. The van der Waals surface area contributed by atoms with Crippen LogP contribution in [0.15, 0.2) is 47.6 Å². The molecule has 154 valence electrons. The van der Waals surface area contributed by atoms with Crippen LogP contribution in [0.4, 0.5) is 26.3 Å². The third-order valence-corrected chi connectivity index (χ3v) is 4.51. The zero-order valence-electron chi connectivity index (χ0n) is 14.7. The summed E-state index contributed by atoms with van der Waals surface area (Å²) in [5, 5.41) is 12.5. The average molecular weight is 417 g/mol. The van der Waals surface area contributed by atoms with Crippen molar-refractivity contribution in [2.45, 2.75) is 25.4 Å². The van der Waals surface area contributed by atoms with Gasteiger partial charge in [0.2, 0.25) is 0 Å². The van der Waals surface area contributed by atoms with Crippen molar-refractivity contribution >= 4 is 11.7 Å². The minimum absolute atomic E-state index is 0.0238. The number of carbonyl (C=O) groups is 1. The smallest absolute Gasteiger partial charge is 0.416 e. The van der Waals surface area contributed by atoms with E-state index >= 15 is 0 Å². The van der Waals surface area contributed by atoms with Crippen LogP contribution in [-0.4, -0.2) is 23.0 Å². The minimum Gasteiger partial charge on any atom is -0.478 e. The molecule has 1 heterocycles. The molecule has 1 aliphatic heterocycles. The Morgan fingerprint density at radius 1 is 1.07 bits per heavy atom. The lowest BCUT2D eigenvalue weighted by molar-refractivity contribution is -0.177. The molecule has 0 fully saturated rings. The first-order chi connectivity index (χ1) is 13.4. The zero-order chi connectivity index (χ0) is 21.6. The fourth-order valence-corrected chi connectivity index (χ4v) is 3.14. The van der Waals surface area contributed by atoms with Gasteiger partial charge in [0, 0.05) is 5.56 Å². The van der Waals surface area contributed by atoms with E-state index in [2.05, 4.69) is 5.16 Å². The summed E-state index contributed by atoms with van der Waals surface area (Å²) in [6, 6.07) is 6.97. The maximum atomic E-state index is 13.8. The molecule has 0 bridgehead atoms. The molecule has 29 heavy (non-hydrogen) atoms. The van der Waals surface area contributed by atoms with Crippen LogP contribution in [0.2, 0.25) is 0 Å². The highest BCUT2D eigenvalue weighted by molar-refractivity contribution is 6.04. The van der Waals surface area contributed by atoms with Gasteiger partial charge < -0.3 is 9.94 Å². The molecular formula is C19H13F6NO3. The quantitative estimate of drug-likeness (QED) is 0.684. The number of nitrogens with zero attached hydrogens (tertiary/aromatic N) is 1. The maximum absolute atomic E-state index is 13.8. The third-order valence-electron chi connectivity index (χ3n) is 4.51. The van der Waals surface area contributed by atoms with Gasteiger partial charge in [-0.25, -0.2) is 4.79 Å². The molecule has 0 saturated carbocycles. The SMILES string of the molecule is Cc1cc(C2=NOC(c3cccc(C(F)(F)F)c3)C2C(F)(F)F)ccc1C(=O)O. The Hall–Kier alpha value is -3.04. The Morgan fingerprint density at radius 2 is 1.76 bits per heavy atom. The lowest BCUT2D eigenvalue weighted by atomic mass is 9.87. The van der Waals surface area contributed by atoms with Crippen molar-refractivity contribution in [2.75, 3.05) is 0 Å². The minimum atomic E-state index is -4.87. The summed E-state index contributed by atoms with van der Waals surface area (Å²) in [6.07, 6.45) is -11.4. The van der Waals surface area contributed by atoms with Gasteiger partial charge in [-0.3, -0.25) is 0 Å². The van der Waals surface area contributed by atoms with E-state index in [0.29, 0.717) is 6.07 Å². The number of carboxylic acids is 1. The van der Waals surface area contributed by atoms with Crippen LogP contribution in [0.5, 0.6) is 0 Å². The number of carboxylic acid groups (broad SMARTS) is 1. The Bertz CT molecular complexity index is 981. The highest BCUT2D eigenvalue weighted by atomic mass is 19.4. The molecule has 0 radical (unpaired) electrons. The van der Waals surface area contributed by atoms with Gasteiger partial charge in [0.1, 0.15) is 11.6 Å². The van der Waals surface area contributed by atoms with Crippen molar-refractivity contribution in [1.29, 1.82) is 0 Å². The van der Waals surface area contributed by atoms with Gasteiger partial charge in [-0.15, -0.1) is 0 Å². The molecule has 0 spiro atoms. The second-order valence-electron chi connectivity index (χ2n) is 6.48. The summed E-state index contributed by atoms with van der Waals surface area (Å²) >= 11 is 0. The van der Waals surface area contributed by atoms with Gasteiger partial charge in [0.25, 0.3) is 0 Å². The first-order valence-electron chi connectivity index (χ1n) is 8.21. The molecule has 2 aromatic carbocycles. The molecule has 0 amide bonds. The number of aryl methyl sites for hydroxylation is 1. The predicted molar refractivity (Wildman–Crippen MR) is 89.5 cm³/mol. The first kappa shape index (κ1) is 20.7. The van der Waals surface area contributed by atoms with Crippen LogP contribution in [-0.2, 0) is 11.0 Å². The van der Waals surface area contributed by atoms with E-state index in [1.807, 2.05) is 0 Å². The molecule has 0 aromatic heterocycles. The van der Waals surface area contributed by atoms with E-state index in [4.69, 9.17) is 9.94 Å². The Morgan fingerprint density at radius 3 is 2.31 bits per heavy atom. The largest absolute Gasteiger partial charge is 0.478 e. The number of aromatic carboxylic acids is 1. The van der Waals surface area contributed by atoms with Crippen LogP contribution >= 0.6 is 0 Å². The fourth-order valence-electron chi connectivity index (χ4n) is 3.14. The van der Waals surface area contributed by atoms with Crippen molar-refractivity contribution in [2.24, 2.45) is 11.1 Å². The number of hydrogen-bond acceptors (Lipinski definition) is 3. The highest BCUT2D eigenvalue weighted by Gasteiger charge is 2.54. The van der Waals surface area contributed by atoms with Gasteiger partial charge in [-0.1, -0.05) is 23.4 Å². The number of rotatable bonds is 3. The summed E-state index contributed by atoms with van der Waals surface area (Å²) in [7, 11) is 0. The van der Waals surface area contributed by atoms with E-state index in [1.165, 1.54) is 13.0 Å². The number of halogens is 6. The molecule has 1 aliphatic rings. The average Bonchev–Trinajstić information content (AvgIpc) is 3.06. The molecule has 10 heteroatoms. The number of benzene rings is 2. The lowest BCUT2D eigenvalue weighted by Gasteiger charge is -2.22. The van der Waals surface area contributed by atoms with E-state index in [9.17, 15) is 31.1 Å². The van der Waals surface area contributed by atoms with Crippen molar-refractivity contribution in [1.82, 2.24) is 0 Å².